The number of hydrogen-bond acceptors (Lipinski definition) is 5. The van der Waals surface area contributed by atoms with E-state index in [0.29, 0.717) is 39.0 Å². The second kappa shape index (κ2) is 8.27. The van der Waals surface area contributed by atoms with Crippen LogP contribution in [0, 0.1) is 5.92 Å². The van der Waals surface area contributed by atoms with Crippen LogP contribution in [0.25, 0.3) is 0 Å². The largest absolute Gasteiger partial charge is 0.481 e. The standard InChI is InChI=1S/C20H29N3O4/c1-16(24)23-12-11-21(13-17(14-23)19(25)26)15-20(27)7-9-22(10-8-20)18-5-3-2-4-6-18/h2-6,17,27H,7-15H2,1H3,(H,25,26)/t17-/m0/s1. The number of carboxylic acids is 1. The molecular formula is C20H29N3O4. The number of aliphatic hydroxyl groups is 1. The van der Waals surface area contributed by atoms with Crippen LogP contribution in [0.5, 0.6) is 0 Å². The molecule has 0 aliphatic carbocycles. The van der Waals surface area contributed by atoms with Crippen molar-refractivity contribution in [2.45, 2.75) is 25.4 Å². The first-order chi connectivity index (χ1) is 12.9. The molecule has 0 saturated carbocycles. The third-order valence-electron chi connectivity index (χ3n) is 5.73. The lowest BCUT2D eigenvalue weighted by molar-refractivity contribution is -0.143. The fraction of sp³-hybridized carbons (Fsp3) is 0.600. The van der Waals surface area contributed by atoms with E-state index in [9.17, 15) is 19.8 Å². The first-order valence-corrected chi connectivity index (χ1v) is 9.59. The van der Waals surface area contributed by atoms with Crippen LogP contribution in [-0.2, 0) is 9.59 Å². The van der Waals surface area contributed by atoms with E-state index in [1.807, 2.05) is 23.1 Å². The predicted molar refractivity (Wildman–Crippen MR) is 103 cm³/mol. The van der Waals surface area contributed by atoms with Gasteiger partial charge in [0.05, 0.1) is 11.5 Å². The molecule has 0 spiro atoms. The molecule has 0 aromatic heterocycles. The number of carboxylic acid groups (broad SMARTS) is 1. The molecule has 2 saturated heterocycles. The Balaban J connectivity index is 1.60. The van der Waals surface area contributed by atoms with Crippen molar-refractivity contribution < 1.29 is 19.8 Å². The molecule has 2 N–H and O–H groups in total. The summed E-state index contributed by atoms with van der Waals surface area (Å²) in [4.78, 5) is 29.2. The lowest BCUT2D eigenvalue weighted by Gasteiger charge is -2.41. The molecule has 1 atom stereocenters. The minimum absolute atomic E-state index is 0.0991. The van der Waals surface area contributed by atoms with Gasteiger partial charge in [0.2, 0.25) is 5.91 Å². The van der Waals surface area contributed by atoms with Gasteiger partial charge in [0.25, 0.3) is 0 Å². The molecular weight excluding hydrogens is 346 g/mol. The van der Waals surface area contributed by atoms with Gasteiger partial charge in [-0.25, -0.2) is 0 Å². The number of benzene rings is 1. The third kappa shape index (κ3) is 4.99. The summed E-state index contributed by atoms with van der Waals surface area (Å²) >= 11 is 0. The van der Waals surface area contributed by atoms with Gasteiger partial charge in [0, 0.05) is 58.4 Å². The Kier molecular flexibility index (Phi) is 6.01. The summed E-state index contributed by atoms with van der Waals surface area (Å²) in [6, 6.07) is 10.2. The summed E-state index contributed by atoms with van der Waals surface area (Å²) in [7, 11) is 0. The maximum Gasteiger partial charge on any atom is 0.309 e. The lowest BCUT2D eigenvalue weighted by atomic mass is 9.90. The molecule has 0 bridgehead atoms. The van der Waals surface area contributed by atoms with Gasteiger partial charge in [0.1, 0.15) is 0 Å². The Hall–Kier alpha value is -2.12. The molecule has 7 nitrogen and oxygen atoms in total. The maximum atomic E-state index is 11.7. The third-order valence-corrected chi connectivity index (χ3v) is 5.73. The molecule has 3 rings (SSSR count). The van der Waals surface area contributed by atoms with E-state index in [2.05, 4.69) is 17.0 Å². The molecule has 1 aromatic carbocycles. The summed E-state index contributed by atoms with van der Waals surface area (Å²) in [5.74, 6) is -1.61. The van der Waals surface area contributed by atoms with Gasteiger partial charge in [-0.2, -0.15) is 0 Å². The van der Waals surface area contributed by atoms with Gasteiger partial charge in [0.15, 0.2) is 0 Å². The molecule has 0 radical (unpaired) electrons. The second-order valence-corrected chi connectivity index (χ2v) is 7.78. The normalized spacial score (nSPS) is 23.7. The monoisotopic (exact) mass is 375 g/mol. The van der Waals surface area contributed by atoms with Crippen LogP contribution >= 0.6 is 0 Å². The predicted octanol–water partition coefficient (Wildman–Crippen LogP) is 0.883. The zero-order valence-corrected chi connectivity index (χ0v) is 15.9. The Morgan fingerprint density at radius 1 is 1.07 bits per heavy atom. The molecule has 2 aliphatic rings. The molecule has 1 amide bonds. The van der Waals surface area contributed by atoms with Crippen molar-refractivity contribution in [2.24, 2.45) is 5.92 Å². The average Bonchev–Trinajstić information content (AvgIpc) is 2.86. The molecule has 7 heteroatoms. The van der Waals surface area contributed by atoms with Crippen molar-refractivity contribution >= 4 is 17.6 Å². The summed E-state index contributed by atoms with van der Waals surface area (Å²) in [5.41, 5.74) is 0.345. The highest BCUT2D eigenvalue weighted by molar-refractivity contribution is 5.75. The van der Waals surface area contributed by atoms with Crippen LogP contribution in [0.15, 0.2) is 30.3 Å². The van der Waals surface area contributed by atoms with Gasteiger partial charge in [-0.3, -0.25) is 14.5 Å². The highest BCUT2D eigenvalue weighted by Crippen LogP contribution is 2.27. The van der Waals surface area contributed by atoms with Crippen LogP contribution in [-0.4, -0.2) is 83.3 Å². The fourth-order valence-corrected chi connectivity index (χ4v) is 4.06. The number of amides is 1. The van der Waals surface area contributed by atoms with Crippen LogP contribution in [0.3, 0.4) is 0 Å². The van der Waals surface area contributed by atoms with Crippen molar-refractivity contribution in [1.82, 2.24) is 9.80 Å². The molecule has 148 valence electrons. The summed E-state index contributed by atoms with van der Waals surface area (Å²) in [6.07, 6.45) is 1.29. The van der Waals surface area contributed by atoms with E-state index in [4.69, 9.17) is 0 Å². The topological polar surface area (TPSA) is 84.3 Å². The van der Waals surface area contributed by atoms with Crippen LogP contribution < -0.4 is 4.90 Å². The first-order valence-electron chi connectivity index (χ1n) is 9.59. The van der Waals surface area contributed by atoms with E-state index in [-0.39, 0.29) is 12.5 Å². The average molecular weight is 375 g/mol. The number of carbonyl (C=O) groups excluding carboxylic acids is 1. The van der Waals surface area contributed by atoms with Crippen molar-refractivity contribution in [3.63, 3.8) is 0 Å². The number of nitrogens with zero attached hydrogens (tertiary/aromatic N) is 3. The van der Waals surface area contributed by atoms with E-state index in [1.54, 1.807) is 4.90 Å². The number of piperidine rings is 1. The molecule has 2 heterocycles. The van der Waals surface area contributed by atoms with Gasteiger partial charge in [-0.1, -0.05) is 18.2 Å². The van der Waals surface area contributed by atoms with E-state index < -0.39 is 17.5 Å². The van der Waals surface area contributed by atoms with E-state index in [1.165, 1.54) is 6.92 Å². The Bertz CT molecular complexity index is 658. The highest BCUT2D eigenvalue weighted by Gasteiger charge is 2.37. The van der Waals surface area contributed by atoms with E-state index in [0.717, 1.165) is 18.8 Å². The zero-order chi connectivity index (χ0) is 19.4. The van der Waals surface area contributed by atoms with Gasteiger partial charge in [-0.15, -0.1) is 0 Å². The summed E-state index contributed by atoms with van der Waals surface area (Å²) < 4.78 is 0. The minimum atomic E-state index is -0.890. The van der Waals surface area contributed by atoms with Gasteiger partial charge >= 0.3 is 5.97 Å². The molecule has 27 heavy (non-hydrogen) atoms. The van der Waals surface area contributed by atoms with Crippen LogP contribution in [0.1, 0.15) is 19.8 Å². The number of carbonyl (C=O) groups is 2. The van der Waals surface area contributed by atoms with Crippen molar-refractivity contribution in [3.8, 4) is 0 Å². The summed E-state index contributed by atoms with van der Waals surface area (Å²) in [6.45, 7) is 5.17. The number of para-hydroxylation sites is 1. The smallest absolute Gasteiger partial charge is 0.309 e. The Morgan fingerprint density at radius 3 is 2.33 bits per heavy atom. The SMILES string of the molecule is CC(=O)N1CCN(CC2(O)CCN(c3ccccc3)CC2)C[C@H](C(=O)O)C1. The second-order valence-electron chi connectivity index (χ2n) is 7.78. The minimum Gasteiger partial charge on any atom is -0.481 e. The molecule has 2 aliphatic heterocycles. The molecule has 1 aromatic rings. The Labute approximate surface area is 160 Å². The van der Waals surface area contributed by atoms with Crippen molar-refractivity contribution in [1.29, 1.82) is 0 Å². The summed E-state index contributed by atoms with van der Waals surface area (Å²) in [5, 5.41) is 20.6. The quantitative estimate of drug-likeness (QED) is 0.813. The van der Waals surface area contributed by atoms with Crippen LogP contribution in [0.4, 0.5) is 5.69 Å². The number of aliphatic carboxylic acids is 1. The van der Waals surface area contributed by atoms with Crippen LogP contribution in [0.2, 0.25) is 0 Å². The maximum absolute atomic E-state index is 11.7. The highest BCUT2D eigenvalue weighted by atomic mass is 16.4. The first kappa shape index (κ1) is 19.6. The molecule has 2 fully saturated rings. The Morgan fingerprint density at radius 2 is 1.74 bits per heavy atom. The fourth-order valence-electron chi connectivity index (χ4n) is 4.06. The van der Waals surface area contributed by atoms with Crippen molar-refractivity contribution in [3.05, 3.63) is 30.3 Å². The van der Waals surface area contributed by atoms with Crippen molar-refractivity contribution in [2.75, 3.05) is 50.7 Å². The number of hydrogen-bond donors (Lipinski definition) is 2. The number of anilines is 1. The van der Waals surface area contributed by atoms with E-state index >= 15 is 0 Å². The van der Waals surface area contributed by atoms with Gasteiger partial charge in [-0.05, 0) is 25.0 Å². The number of rotatable bonds is 4. The number of β-amino-alcohol motifs (C(OH)–C–C–N with tert-alkyl or cyclic N) is 1. The molecule has 0 unspecified atom stereocenters. The van der Waals surface area contributed by atoms with Gasteiger partial charge < -0.3 is 20.0 Å². The zero-order valence-electron chi connectivity index (χ0n) is 15.9. The lowest BCUT2D eigenvalue weighted by Crippen LogP contribution is -2.52.